The summed E-state index contributed by atoms with van der Waals surface area (Å²) in [5.74, 6) is -1.62. The van der Waals surface area contributed by atoms with Crippen LogP contribution in [0.3, 0.4) is 0 Å². The molecule has 0 aliphatic heterocycles. The minimum atomic E-state index is -0.836. The largest absolute Gasteiger partial charge is 0.317 e. The van der Waals surface area contributed by atoms with Gasteiger partial charge in [-0.3, -0.25) is 9.59 Å². The maximum absolute atomic E-state index is 12.0. The predicted octanol–water partition coefficient (Wildman–Crippen LogP) is 4.19. The third-order valence-electron chi connectivity index (χ3n) is 3.13. The van der Waals surface area contributed by atoms with Gasteiger partial charge in [0, 0.05) is 5.69 Å². The highest BCUT2D eigenvalue weighted by molar-refractivity contribution is 6.46. The van der Waals surface area contributed by atoms with Crippen molar-refractivity contribution in [1.29, 1.82) is 0 Å². The summed E-state index contributed by atoms with van der Waals surface area (Å²) in [6.45, 7) is 3.71. The van der Waals surface area contributed by atoms with Crippen molar-refractivity contribution in [2.75, 3.05) is 10.6 Å². The van der Waals surface area contributed by atoms with E-state index in [2.05, 4.69) is 10.6 Å². The van der Waals surface area contributed by atoms with Crippen molar-refractivity contribution in [3.05, 3.63) is 57.6 Å². The fraction of sp³-hybridized carbons (Fsp3) is 0.125. The second kappa shape index (κ2) is 6.81. The smallest absolute Gasteiger partial charge is 0.314 e. The number of hydrogen-bond acceptors (Lipinski definition) is 2. The molecule has 4 nitrogen and oxygen atoms in total. The first-order chi connectivity index (χ1) is 10.4. The highest BCUT2D eigenvalue weighted by atomic mass is 35.5. The van der Waals surface area contributed by atoms with Crippen LogP contribution in [0.1, 0.15) is 11.1 Å². The van der Waals surface area contributed by atoms with Gasteiger partial charge in [0.15, 0.2) is 0 Å². The number of rotatable bonds is 2. The second-order valence-corrected chi connectivity index (χ2v) is 5.59. The van der Waals surface area contributed by atoms with Crippen molar-refractivity contribution in [2.45, 2.75) is 13.8 Å². The van der Waals surface area contributed by atoms with Crippen molar-refractivity contribution in [1.82, 2.24) is 0 Å². The van der Waals surface area contributed by atoms with Crippen molar-refractivity contribution < 1.29 is 9.59 Å². The summed E-state index contributed by atoms with van der Waals surface area (Å²) in [5.41, 5.74) is 2.58. The maximum atomic E-state index is 12.0. The molecule has 2 amide bonds. The molecule has 0 atom stereocenters. The van der Waals surface area contributed by atoms with Crippen LogP contribution in [-0.4, -0.2) is 11.8 Å². The summed E-state index contributed by atoms with van der Waals surface area (Å²) in [6, 6.07) is 10.4. The van der Waals surface area contributed by atoms with E-state index in [1.807, 2.05) is 32.0 Å². The van der Waals surface area contributed by atoms with Crippen molar-refractivity contribution in [3.63, 3.8) is 0 Å². The molecule has 0 saturated heterocycles. The van der Waals surface area contributed by atoms with Crippen LogP contribution in [0.4, 0.5) is 11.4 Å². The van der Waals surface area contributed by atoms with Crippen molar-refractivity contribution >= 4 is 46.4 Å². The van der Waals surface area contributed by atoms with Gasteiger partial charge in [0.05, 0.1) is 15.7 Å². The van der Waals surface area contributed by atoms with E-state index in [1.54, 1.807) is 18.2 Å². The highest BCUT2D eigenvalue weighted by Gasteiger charge is 2.18. The molecule has 0 aliphatic rings. The minimum Gasteiger partial charge on any atom is -0.317 e. The van der Waals surface area contributed by atoms with Crippen LogP contribution in [0.15, 0.2) is 36.4 Å². The molecular weight excluding hydrogens is 323 g/mol. The second-order valence-electron chi connectivity index (χ2n) is 4.77. The van der Waals surface area contributed by atoms with E-state index in [9.17, 15) is 9.59 Å². The number of hydrogen-bond donors (Lipinski definition) is 2. The lowest BCUT2D eigenvalue weighted by molar-refractivity contribution is -0.133. The number of carbonyl (C=O) groups is 2. The lowest BCUT2D eigenvalue weighted by atomic mass is 10.1. The van der Waals surface area contributed by atoms with E-state index < -0.39 is 11.8 Å². The monoisotopic (exact) mass is 336 g/mol. The number of nitrogens with one attached hydrogen (secondary N) is 2. The number of halogens is 2. The Hall–Kier alpha value is -2.04. The molecule has 2 aromatic rings. The summed E-state index contributed by atoms with van der Waals surface area (Å²) < 4.78 is 0. The van der Waals surface area contributed by atoms with Gasteiger partial charge in [0.1, 0.15) is 0 Å². The van der Waals surface area contributed by atoms with Gasteiger partial charge in [-0.05, 0) is 37.1 Å². The molecule has 22 heavy (non-hydrogen) atoms. The zero-order chi connectivity index (χ0) is 16.3. The summed E-state index contributed by atoms with van der Waals surface area (Å²) in [5, 5.41) is 5.55. The van der Waals surface area contributed by atoms with E-state index in [0.717, 1.165) is 11.1 Å². The minimum absolute atomic E-state index is 0.215. The summed E-state index contributed by atoms with van der Waals surface area (Å²) >= 11 is 11.9. The molecule has 0 aromatic heterocycles. The Morgan fingerprint density at radius 1 is 0.773 bits per heavy atom. The Kier molecular flexibility index (Phi) is 5.06. The molecule has 2 aromatic carbocycles. The first-order valence-corrected chi connectivity index (χ1v) is 7.28. The molecule has 2 N–H and O–H groups in total. The predicted molar refractivity (Wildman–Crippen MR) is 89.6 cm³/mol. The van der Waals surface area contributed by atoms with Gasteiger partial charge in [0.25, 0.3) is 0 Å². The molecule has 0 radical (unpaired) electrons. The number of aryl methyl sites for hydroxylation is 2. The number of para-hydroxylation sites is 2. The van der Waals surface area contributed by atoms with E-state index in [1.165, 1.54) is 0 Å². The topological polar surface area (TPSA) is 58.2 Å². The lowest BCUT2D eigenvalue weighted by Gasteiger charge is -2.12. The zero-order valence-corrected chi connectivity index (χ0v) is 13.5. The third kappa shape index (κ3) is 3.59. The standard InChI is InChI=1S/C16H14Cl2N2O2/c1-9-5-3-6-10(2)13(9)19-15(21)16(22)20-14-11(17)7-4-8-12(14)18/h3-8H,1-2H3,(H,19,21)(H,20,22). The molecule has 0 heterocycles. The van der Waals surface area contributed by atoms with Gasteiger partial charge in [-0.15, -0.1) is 0 Å². The normalized spacial score (nSPS) is 10.2. The molecular formula is C16H14Cl2N2O2. The fourth-order valence-corrected chi connectivity index (χ4v) is 2.46. The van der Waals surface area contributed by atoms with Crippen LogP contribution in [0.2, 0.25) is 10.0 Å². The molecule has 6 heteroatoms. The fourth-order valence-electron chi connectivity index (χ4n) is 1.97. The van der Waals surface area contributed by atoms with Gasteiger partial charge >= 0.3 is 11.8 Å². The average Bonchev–Trinajstić information content (AvgIpc) is 2.46. The molecule has 0 aliphatic carbocycles. The molecule has 114 valence electrons. The molecule has 0 unspecified atom stereocenters. The Bertz CT molecular complexity index is 641. The summed E-state index contributed by atoms with van der Waals surface area (Å²) in [7, 11) is 0. The summed E-state index contributed by atoms with van der Waals surface area (Å²) in [4.78, 5) is 24.0. The summed E-state index contributed by atoms with van der Waals surface area (Å²) in [6.07, 6.45) is 0. The van der Waals surface area contributed by atoms with E-state index in [4.69, 9.17) is 23.2 Å². The van der Waals surface area contributed by atoms with Gasteiger partial charge < -0.3 is 10.6 Å². The Morgan fingerprint density at radius 3 is 1.68 bits per heavy atom. The quantitative estimate of drug-likeness (QED) is 0.808. The maximum Gasteiger partial charge on any atom is 0.314 e. The van der Waals surface area contributed by atoms with Crippen LogP contribution in [0, 0.1) is 13.8 Å². The van der Waals surface area contributed by atoms with Crippen LogP contribution in [-0.2, 0) is 9.59 Å². The van der Waals surface area contributed by atoms with Gasteiger partial charge in [-0.25, -0.2) is 0 Å². The lowest BCUT2D eigenvalue weighted by Crippen LogP contribution is -2.29. The van der Waals surface area contributed by atoms with Crippen LogP contribution < -0.4 is 10.6 Å². The molecule has 0 spiro atoms. The number of benzene rings is 2. The van der Waals surface area contributed by atoms with E-state index in [-0.39, 0.29) is 15.7 Å². The zero-order valence-electron chi connectivity index (χ0n) is 12.0. The third-order valence-corrected chi connectivity index (χ3v) is 3.76. The Morgan fingerprint density at radius 2 is 1.18 bits per heavy atom. The number of carbonyl (C=O) groups excluding carboxylic acids is 2. The van der Waals surface area contributed by atoms with Gasteiger partial charge in [0.2, 0.25) is 0 Å². The molecule has 0 fully saturated rings. The number of amides is 2. The van der Waals surface area contributed by atoms with Crippen LogP contribution >= 0.6 is 23.2 Å². The molecule has 0 bridgehead atoms. The Labute approximate surface area is 138 Å². The highest BCUT2D eigenvalue weighted by Crippen LogP contribution is 2.29. The molecule has 2 rings (SSSR count). The van der Waals surface area contributed by atoms with Gasteiger partial charge in [-0.1, -0.05) is 47.5 Å². The van der Waals surface area contributed by atoms with E-state index in [0.29, 0.717) is 5.69 Å². The number of anilines is 2. The molecule has 0 saturated carbocycles. The first-order valence-electron chi connectivity index (χ1n) is 6.52. The SMILES string of the molecule is Cc1cccc(C)c1NC(=O)C(=O)Nc1c(Cl)cccc1Cl. The van der Waals surface area contributed by atoms with Crippen molar-refractivity contribution in [3.8, 4) is 0 Å². The van der Waals surface area contributed by atoms with Crippen molar-refractivity contribution in [2.24, 2.45) is 0 Å². The van der Waals surface area contributed by atoms with Crippen LogP contribution in [0.25, 0.3) is 0 Å². The average molecular weight is 337 g/mol. The first kappa shape index (κ1) is 16.3. The van der Waals surface area contributed by atoms with Gasteiger partial charge in [-0.2, -0.15) is 0 Å². The Balaban J connectivity index is 2.15. The van der Waals surface area contributed by atoms with E-state index >= 15 is 0 Å². The van der Waals surface area contributed by atoms with Crippen LogP contribution in [0.5, 0.6) is 0 Å².